The highest BCUT2D eigenvalue weighted by Gasteiger charge is 2.41. The summed E-state index contributed by atoms with van der Waals surface area (Å²) in [5, 5.41) is 1.19. The van der Waals surface area contributed by atoms with E-state index in [0.717, 1.165) is 0 Å². The summed E-state index contributed by atoms with van der Waals surface area (Å²) in [5.41, 5.74) is 0.655. The molecule has 0 aromatic carbocycles. The van der Waals surface area contributed by atoms with E-state index in [1.165, 1.54) is 44.1 Å². The molecule has 0 aromatic heterocycles. The summed E-state index contributed by atoms with van der Waals surface area (Å²) in [6.07, 6.45) is 5.50. The average Bonchev–Trinajstić information content (AvgIpc) is 2.82. The van der Waals surface area contributed by atoms with Crippen LogP contribution in [0.2, 0.25) is 0 Å². The predicted octanol–water partition coefficient (Wildman–Crippen LogP) is 2.89. The van der Waals surface area contributed by atoms with Crippen LogP contribution in [0.5, 0.6) is 0 Å². The Labute approximate surface area is 84.6 Å². The first-order valence-corrected chi connectivity index (χ1v) is 6.09. The van der Waals surface area contributed by atoms with Gasteiger partial charge < -0.3 is 4.90 Å². The van der Waals surface area contributed by atoms with Gasteiger partial charge in [-0.05, 0) is 38.3 Å². The Hall–Kier alpha value is 0.440. The first-order chi connectivity index (χ1) is 5.72. The van der Waals surface area contributed by atoms with Gasteiger partial charge in [-0.25, -0.2) is 0 Å². The zero-order valence-corrected chi connectivity index (χ0v) is 9.86. The van der Waals surface area contributed by atoms with E-state index in [9.17, 15) is 0 Å². The third-order valence-corrected chi connectivity index (χ3v) is 3.93. The second-order valence-corrected chi connectivity index (χ2v) is 4.79. The lowest BCUT2D eigenvalue weighted by Gasteiger charge is -2.21. The molecule has 0 bridgehead atoms. The van der Waals surface area contributed by atoms with Crippen LogP contribution in [-0.2, 0) is 0 Å². The van der Waals surface area contributed by atoms with Crippen LogP contribution in [0, 0.1) is 5.41 Å². The van der Waals surface area contributed by atoms with Crippen molar-refractivity contribution in [3.05, 3.63) is 0 Å². The Balaban J connectivity index is 2.13. The van der Waals surface area contributed by atoms with Crippen molar-refractivity contribution in [3.63, 3.8) is 0 Å². The van der Waals surface area contributed by atoms with Gasteiger partial charge >= 0.3 is 0 Å². The van der Waals surface area contributed by atoms with Crippen molar-refractivity contribution >= 4 is 15.9 Å². The molecule has 1 aliphatic rings. The molecule has 0 radical (unpaired) electrons. The molecular formula is C10H20BrN. The number of halogens is 1. The smallest absolute Gasteiger partial charge is 0.0100 e. The molecule has 0 aromatic rings. The van der Waals surface area contributed by atoms with E-state index < -0.39 is 0 Å². The number of nitrogens with zero attached hydrogens (tertiary/aromatic N) is 1. The molecule has 1 aliphatic carbocycles. The van der Waals surface area contributed by atoms with Crippen LogP contribution < -0.4 is 0 Å². The highest BCUT2D eigenvalue weighted by atomic mass is 79.9. The number of alkyl halides is 1. The van der Waals surface area contributed by atoms with Crippen LogP contribution in [-0.4, -0.2) is 30.4 Å². The summed E-state index contributed by atoms with van der Waals surface area (Å²) in [6.45, 7) is 4.81. The van der Waals surface area contributed by atoms with Gasteiger partial charge in [0.05, 0.1) is 0 Å². The van der Waals surface area contributed by atoms with Crippen LogP contribution >= 0.6 is 15.9 Å². The SMILES string of the molecule is CCCCN(C)CC1(CBr)CC1. The molecule has 0 amide bonds. The van der Waals surface area contributed by atoms with E-state index >= 15 is 0 Å². The third-order valence-electron chi connectivity index (χ3n) is 2.74. The lowest BCUT2D eigenvalue weighted by Crippen LogP contribution is -2.28. The fourth-order valence-corrected chi connectivity index (χ4v) is 2.33. The molecule has 1 rings (SSSR count). The highest BCUT2D eigenvalue weighted by molar-refractivity contribution is 9.09. The van der Waals surface area contributed by atoms with Gasteiger partial charge in [0, 0.05) is 11.9 Å². The highest BCUT2D eigenvalue weighted by Crippen LogP contribution is 2.47. The molecule has 0 N–H and O–H groups in total. The largest absolute Gasteiger partial charge is 0.306 e. The van der Waals surface area contributed by atoms with Gasteiger partial charge in [-0.15, -0.1) is 0 Å². The monoisotopic (exact) mass is 233 g/mol. The predicted molar refractivity (Wildman–Crippen MR) is 57.9 cm³/mol. The Bertz CT molecular complexity index is 132. The molecule has 1 fully saturated rings. The quantitative estimate of drug-likeness (QED) is 0.639. The fraction of sp³-hybridized carbons (Fsp3) is 1.00. The molecule has 0 aliphatic heterocycles. The van der Waals surface area contributed by atoms with Gasteiger partial charge in [0.15, 0.2) is 0 Å². The lowest BCUT2D eigenvalue weighted by atomic mass is 10.1. The Morgan fingerprint density at radius 2 is 2.08 bits per heavy atom. The summed E-state index contributed by atoms with van der Waals surface area (Å²) >= 11 is 3.60. The van der Waals surface area contributed by atoms with Crippen LogP contribution in [0.4, 0.5) is 0 Å². The fourth-order valence-electron chi connectivity index (χ4n) is 1.59. The van der Waals surface area contributed by atoms with E-state index in [4.69, 9.17) is 0 Å². The van der Waals surface area contributed by atoms with Crippen molar-refractivity contribution in [2.45, 2.75) is 32.6 Å². The molecule has 0 unspecified atom stereocenters. The molecule has 2 heteroatoms. The van der Waals surface area contributed by atoms with Gasteiger partial charge in [-0.1, -0.05) is 29.3 Å². The van der Waals surface area contributed by atoms with Gasteiger partial charge in [0.1, 0.15) is 0 Å². The molecule has 1 nitrogen and oxygen atoms in total. The van der Waals surface area contributed by atoms with Crippen LogP contribution in [0.1, 0.15) is 32.6 Å². The topological polar surface area (TPSA) is 3.24 Å². The Morgan fingerprint density at radius 1 is 1.42 bits per heavy atom. The van der Waals surface area contributed by atoms with Crippen LogP contribution in [0.3, 0.4) is 0 Å². The second kappa shape index (κ2) is 4.61. The summed E-state index contributed by atoms with van der Waals surface area (Å²) in [6, 6.07) is 0. The zero-order valence-electron chi connectivity index (χ0n) is 8.27. The molecule has 0 heterocycles. The molecule has 12 heavy (non-hydrogen) atoms. The summed E-state index contributed by atoms with van der Waals surface area (Å²) < 4.78 is 0. The number of hydrogen-bond donors (Lipinski definition) is 0. The summed E-state index contributed by atoms with van der Waals surface area (Å²) in [5.74, 6) is 0. The standard InChI is InChI=1S/C10H20BrN/c1-3-4-7-12(2)9-10(8-11)5-6-10/h3-9H2,1-2H3. The Morgan fingerprint density at radius 3 is 2.50 bits per heavy atom. The minimum atomic E-state index is 0.655. The van der Waals surface area contributed by atoms with E-state index in [1.54, 1.807) is 0 Å². The van der Waals surface area contributed by atoms with Crippen molar-refractivity contribution < 1.29 is 0 Å². The molecule has 0 atom stereocenters. The maximum Gasteiger partial charge on any atom is 0.0100 e. The van der Waals surface area contributed by atoms with Crippen LogP contribution in [0.15, 0.2) is 0 Å². The first kappa shape index (κ1) is 10.5. The van der Waals surface area contributed by atoms with Gasteiger partial charge in [0.2, 0.25) is 0 Å². The molecular weight excluding hydrogens is 214 g/mol. The number of hydrogen-bond acceptors (Lipinski definition) is 1. The van der Waals surface area contributed by atoms with Gasteiger partial charge in [-0.3, -0.25) is 0 Å². The van der Waals surface area contributed by atoms with Crippen molar-refractivity contribution in [1.82, 2.24) is 4.90 Å². The maximum absolute atomic E-state index is 3.60. The van der Waals surface area contributed by atoms with Crippen molar-refractivity contribution in [1.29, 1.82) is 0 Å². The zero-order chi connectivity index (χ0) is 9.03. The van der Waals surface area contributed by atoms with Gasteiger partial charge in [-0.2, -0.15) is 0 Å². The third kappa shape index (κ3) is 3.06. The average molecular weight is 234 g/mol. The first-order valence-electron chi connectivity index (χ1n) is 4.97. The van der Waals surface area contributed by atoms with Crippen molar-refractivity contribution in [2.24, 2.45) is 5.41 Å². The molecule has 0 spiro atoms. The van der Waals surface area contributed by atoms with E-state index in [2.05, 4.69) is 34.8 Å². The second-order valence-electron chi connectivity index (χ2n) is 4.22. The van der Waals surface area contributed by atoms with Crippen LogP contribution in [0.25, 0.3) is 0 Å². The Kier molecular flexibility index (Phi) is 4.04. The normalized spacial score (nSPS) is 20.0. The minimum Gasteiger partial charge on any atom is -0.306 e. The molecule has 1 saturated carbocycles. The van der Waals surface area contributed by atoms with E-state index in [-0.39, 0.29) is 0 Å². The molecule has 72 valence electrons. The number of rotatable bonds is 6. The lowest BCUT2D eigenvalue weighted by molar-refractivity contribution is 0.274. The molecule has 0 saturated heterocycles. The van der Waals surface area contributed by atoms with Crippen molar-refractivity contribution in [2.75, 3.05) is 25.5 Å². The van der Waals surface area contributed by atoms with Gasteiger partial charge in [0.25, 0.3) is 0 Å². The number of unbranched alkanes of at least 4 members (excludes halogenated alkanes) is 1. The van der Waals surface area contributed by atoms with E-state index in [1.807, 2.05) is 0 Å². The summed E-state index contributed by atoms with van der Waals surface area (Å²) in [4.78, 5) is 2.48. The van der Waals surface area contributed by atoms with Crippen molar-refractivity contribution in [3.8, 4) is 0 Å². The maximum atomic E-state index is 3.60. The minimum absolute atomic E-state index is 0.655. The summed E-state index contributed by atoms with van der Waals surface area (Å²) in [7, 11) is 2.25. The van der Waals surface area contributed by atoms with E-state index in [0.29, 0.717) is 5.41 Å².